The SMILES string of the molecule is CC.CN1CCS/C1=N\NC(=O)C(=O)C(CC(C)(C)C)NC(=O)C1CCCCCC1. The zero-order valence-corrected chi connectivity index (χ0v) is 20.4. The summed E-state index contributed by atoms with van der Waals surface area (Å²) in [6.45, 7) is 10.8. The van der Waals surface area contributed by atoms with E-state index in [2.05, 4.69) is 15.8 Å². The molecular weight excluding hydrogens is 400 g/mol. The van der Waals surface area contributed by atoms with Crippen molar-refractivity contribution in [2.75, 3.05) is 19.3 Å². The molecule has 0 aromatic carbocycles. The van der Waals surface area contributed by atoms with E-state index in [-0.39, 0.29) is 17.2 Å². The first-order valence-electron chi connectivity index (χ1n) is 11.2. The third-order valence-corrected chi connectivity index (χ3v) is 6.18. The lowest BCUT2D eigenvalue weighted by Crippen LogP contribution is -2.50. The van der Waals surface area contributed by atoms with E-state index in [1.54, 1.807) is 0 Å². The predicted molar refractivity (Wildman–Crippen MR) is 124 cm³/mol. The minimum absolute atomic E-state index is 0.0652. The zero-order chi connectivity index (χ0) is 22.7. The smallest absolute Gasteiger partial charge is 0.309 e. The molecule has 1 saturated carbocycles. The fourth-order valence-corrected chi connectivity index (χ4v) is 4.53. The number of ketones is 1. The first-order valence-corrected chi connectivity index (χ1v) is 12.2. The van der Waals surface area contributed by atoms with E-state index in [9.17, 15) is 14.4 Å². The molecule has 2 N–H and O–H groups in total. The Morgan fingerprint density at radius 1 is 1.13 bits per heavy atom. The van der Waals surface area contributed by atoms with Gasteiger partial charge in [0.05, 0.1) is 6.04 Å². The number of amides is 2. The van der Waals surface area contributed by atoms with E-state index in [4.69, 9.17) is 0 Å². The fraction of sp³-hybridized carbons (Fsp3) is 0.818. The van der Waals surface area contributed by atoms with Gasteiger partial charge >= 0.3 is 5.91 Å². The van der Waals surface area contributed by atoms with Gasteiger partial charge in [0.15, 0.2) is 5.17 Å². The lowest BCUT2D eigenvalue weighted by molar-refractivity contribution is -0.141. The summed E-state index contributed by atoms with van der Waals surface area (Å²) in [7, 11) is 1.89. The highest BCUT2D eigenvalue weighted by molar-refractivity contribution is 8.14. The number of rotatable bonds is 6. The molecule has 0 aromatic rings. The summed E-state index contributed by atoms with van der Waals surface area (Å²) in [6, 6.07) is -0.829. The van der Waals surface area contributed by atoms with Crippen LogP contribution >= 0.6 is 11.8 Å². The highest BCUT2D eigenvalue weighted by atomic mass is 32.2. The molecular formula is C22H40N4O3S. The molecule has 1 aliphatic heterocycles. The number of Topliss-reactive ketones (excluding diaryl/α,β-unsaturated/α-hetero) is 1. The van der Waals surface area contributed by atoms with Crippen LogP contribution in [0.5, 0.6) is 0 Å². The summed E-state index contributed by atoms with van der Waals surface area (Å²) >= 11 is 1.53. The molecule has 7 nitrogen and oxygen atoms in total. The average molecular weight is 441 g/mol. The van der Waals surface area contributed by atoms with Gasteiger partial charge in [0.2, 0.25) is 11.7 Å². The number of hydrazone groups is 1. The minimum Gasteiger partial charge on any atom is -0.352 e. The third-order valence-electron chi connectivity index (χ3n) is 5.14. The number of nitrogens with zero attached hydrogens (tertiary/aromatic N) is 2. The van der Waals surface area contributed by atoms with E-state index >= 15 is 0 Å². The molecule has 1 heterocycles. The normalized spacial score (nSPS) is 20.1. The van der Waals surface area contributed by atoms with Crippen molar-refractivity contribution >= 4 is 34.5 Å². The van der Waals surface area contributed by atoms with Gasteiger partial charge < -0.3 is 10.2 Å². The molecule has 1 unspecified atom stereocenters. The second kappa shape index (κ2) is 13.0. The van der Waals surface area contributed by atoms with Crippen LogP contribution in [0.1, 0.15) is 79.6 Å². The van der Waals surface area contributed by atoms with Gasteiger partial charge in [-0.15, -0.1) is 5.10 Å². The van der Waals surface area contributed by atoms with Crippen LogP contribution in [-0.2, 0) is 14.4 Å². The Bertz CT molecular complexity index is 608. The number of carbonyl (C=O) groups excluding carboxylic acids is 3. The van der Waals surface area contributed by atoms with Crippen LogP contribution in [0.15, 0.2) is 5.10 Å². The molecule has 0 aromatic heterocycles. The van der Waals surface area contributed by atoms with Crippen LogP contribution in [-0.4, -0.2) is 53.1 Å². The van der Waals surface area contributed by atoms with Crippen LogP contribution in [0.25, 0.3) is 0 Å². The van der Waals surface area contributed by atoms with E-state index in [0.29, 0.717) is 11.6 Å². The van der Waals surface area contributed by atoms with Crippen molar-refractivity contribution in [3.8, 4) is 0 Å². The number of amidine groups is 1. The van der Waals surface area contributed by atoms with E-state index in [1.807, 2.05) is 46.6 Å². The standard InChI is InChI=1S/C20H34N4O3S.C2H6/c1-20(2,3)13-15(21-17(26)14-9-7-5-6-8-10-14)16(25)18(27)22-23-19-24(4)11-12-28-19;1-2/h14-15H,5-13H2,1-4H3,(H,21,26)(H,22,27);1-2H3/b23-19-;. The van der Waals surface area contributed by atoms with Crippen molar-refractivity contribution in [2.24, 2.45) is 16.4 Å². The highest BCUT2D eigenvalue weighted by Gasteiger charge is 2.33. The number of nitrogens with one attached hydrogen (secondary N) is 2. The Morgan fingerprint density at radius 3 is 2.23 bits per heavy atom. The number of carbonyl (C=O) groups is 3. The van der Waals surface area contributed by atoms with Gasteiger partial charge in [0.25, 0.3) is 0 Å². The number of hydrogen-bond acceptors (Lipinski definition) is 5. The van der Waals surface area contributed by atoms with Crippen molar-refractivity contribution in [2.45, 2.75) is 85.6 Å². The second-order valence-electron chi connectivity index (χ2n) is 8.98. The van der Waals surface area contributed by atoms with Gasteiger partial charge in [-0.2, -0.15) is 0 Å². The summed E-state index contributed by atoms with van der Waals surface area (Å²) in [5.41, 5.74) is 2.17. The van der Waals surface area contributed by atoms with Crippen LogP contribution in [0, 0.1) is 11.3 Å². The third kappa shape index (κ3) is 9.06. The Balaban J connectivity index is 0.00000218. The molecule has 2 amide bonds. The Morgan fingerprint density at radius 2 is 1.73 bits per heavy atom. The molecule has 2 fully saturated rings. The van der Waals surface area contributed by atoms with Crippen LogP contribution < -0.4 is 10.7 Å². The van der Waals surface area contributed by atoms with Crippen molar-refractivity contribution in [3.63, 3.8) is 0 Å². The molecule has 2 aliphatic rings. The molecule has 1 atom stereocenters. The molecule has 0 bridgehead atoms. The first-order chi connectivity index (χ1) is 14.2. The second-order valence-corrected chi connectivity index (χ2v) is 10.0. The summed E-state index contributed by atoms with van der Waals surface area (Å²) in [5.74, 6) is -0.668. The van der Waals surface area contributed by atoms with Crippen molar-refractivity contribution in [1.29, 1.82) is 0 Å². The Hall–Kier alpha value is -1.57. The predicted octanol–water partition coefficient (Wildman–Crippen LogP) is 3.54. The van der Waals surface area contributed by atoms with E-state index in [1.165, 1.54) is 11.8 Å². The molecule has 8 heteroatoms. The topological polar surface area (TPSA) is 90.9 Å². The van der Waals surface area contributed by atoms with Gasteiger partial charge in [-0.3, -0.25) is 14.4 Å². The van der Waals surface area contributed by atoms with Gasteiger partial charge in [-0.05, 0) is 24.7 Å². The molecule has 30 heavy (non-hydrogen) atoms. The summed E-state index contributed by atoms with van der Waals surface area (Å²) in [5, 5.41) is 7.62. The fourth-order valence-electron chi connectivity index (χ4n) is 3.56. The summed E-state index contributed by atoms with van der Waals surface area (Å²) < 4.78 is 0. The average Bonchev–Trinajstić information content (AvgIpc) is 2.93. The zero-order valence-electron chi connectivity index (χ0n) is 19.5. The number of hydrogen-bond donors (Lipinski definition) is 2. The molecule has 2 rings (SSSR count). The molecule has 0 spiro atoms. The molecule has 172 valence electrons. The van der Waals surface area contributed by atoms with Crippen LogP contribution in [0.3, 0.4) is 0 Å². The summed E-state index contributed by atoms with van der Waals surface area (Å²) in [6.07, 6.45) is 6.51. The van der Waals surface area contributed by atoms with Crippen molar-refractivity contribution < 1.29 is 14.4 Å². The maximum Gasteiger partial charge on any atom is 0.309 e. The van der Waals surface area contributed by atoms with E-state index in [0.717, 1.165) is 50.8 Å². The summed E-state index contributed by atoms with van der Waals surface area (Å²) in [4.78, 5) is 39.9. The quantitative estimate of drug-likeness (QED) is 0.374. The monoisotopic (exact) mass is 440 g/mol. The lowest BCUT2D eigenvalue weighted by atomic mass is 9.86. The maximum absolute atomic E-state index is 12.8. The maximum atomic E-state index is 12.8. The minimum atomic E-state index is -0.829. The lowest BCUT2D eigenvalue weighted by Gasteiger charge is -2.27. The van der Waals surface area contributed by atoms with Crippen LogP contribution in [0.4, 0.5) is 0 Å². The molecule has 1 saturated heterocycles. The largest absolute Gasteiger partial charge is 0.352 e. The van der Waals surface area contributed by atoms with Crippen molar-refractivity contribution in [1.82, 2.24) is 15.6 Å². The Labute approximate surface area is 186 Å². The number of thioether (sulfide) groups is 1. The van der Waals surface area contributed by atoms with Gasteiger partial charge in [-0.1, -0.05) is 72.1 Å². The van der Waals surface area contributed by atoms with E-state index < -0.39 is 17.7 Å². The first kappa shape index (κ1) is 26.5. The van der Waals surface area contributed by atoms with Crippen LogP contribution in [0.2, 0.25) is 0 Å². The Kier molecular flexibility index (Phi) is 11.4. The molecule has 0 radical (unpaired) electrons. The van der Waals surface area contributed by atoms with Crippen molar-refractivity contribution in [3.05, 3.63) is 0 Å². The van der Waals surface area contributed by atoms with Gasteiger partial charge in [0, 0.05) is 25.3 Å². The van der Waals surface area contributed by atoms with Gasteiger partial charge in [-0.25, -0.2) is 5.43 Å². The highest BCUT2D eigenvalue weighted by Crippen LogP contribution is 2.25. The van der Waals surface area contributed by atoms with Gasteiger partial charge in [0.1, 0.15) is 0 Å². The molecule has 1 aliphatic carbocycles.